The van der Waals surface area contributed by atoms with Gasteiger partial charge in [0.05, 0.1) is 0 Å². The topological polar surface area (TPSA) is 17.8 Å². The van der Waals surface area contributed by atoms with Crippen molar-refractivity contribution in [3.05, 3.63) is 17.7 Å². The molecular weight excluding hydrogens is 184 g/mol. The fourth-order valence-corrected chi connectivity index (χ4v) is 1.90. The van der Waals surface area contributed by atoms with Crippen LogP contribution >= 0.6 is 0 Å². The summed E-state index contributed by atoms with van der Waals surface area (Å²) in [4.78, 5) is 4.59. The van der Waals surface area contributed by atoms with Gasteiger partial charge in [-0.1, -0.05) is 34.6 Å². The molecule has 2 nitrogen and oxygen atoms in total. The highest BCUT2D eigenvalue weighted by molar-refractivity contribution is 5.16. The van der Waals surface area contributed by atoms with Gasteiger partial charge in [0.25, 0.3) is 0 Å². The molecule has 0 N–H and O–H groups in total. The van der Waals surface area contributed by atoms with Gasteiger partial charge in [-0.05, 0) is 19.8 Å². The molecule has 0 saturated carbocycles. The van der Waals surface area contributed by atoms with Crippen molar-refractivity contribution in [1.29, 1.82) is 0 Å². The molecule has 0 aliphatic heterocycles. The van der Waals surface area contributed by atoms with Crippen LogP contribution in [0, 0.1) is 0 Å². The number of imidazole rings is 1. The van der Waals surface area contributed by atoms with Crippen LogP contribution in [0.4, 0.5) is 0 Å². The standard InChI is InChI=1S/C13H24N2/c1-9(2)11-8-14-12(13(5,6)7)15(11)10(3)4/h8-10H,1-7H3. The Bertz CT molecular complexity index is 327. The van der Waals surface area contributed by atoms with Crippen LogP contribution in [0.1, 0.15) is 71.9 Å². The lowest BCUT2D eigenvalue weighted by molar-refractivity contribution is 0.455. The molecular formula is C13H24N2. The van der Waals surface area contributed by atoms with Crippen LogP contribution in [0.2, 0.25) is 0 Å². The minimum atomic E-state index is 0.122. The van der Waals surface area contributed by atoms with E-state index >= 15 is 0 Å². The van der Waals surface area contributed by atoms with E-state index in [1.165, 1.54) is 11.5 Å². The smallest absolute Gasteiger partial charge is 0.114 e. The number of nitrogens with zero attached hydrogens (tertiary/aromatic N) is 2. The summed E-state index contributed by atoms with van der Waals surface area (Å²) < 4.78 is 2.38. The molecule has 86 valence electrons. The van der Waals surface area contributed by atoms with E-state index in [1.807, 2.05) is 6.20 Å². The van der Waals surface area contributed by atoms with Gasteiger partial charge in [0, 0.05) is 23.3 Å². The maximum atomic E-state index is 4.59. The Labute approximate surface area is 93.7 Å². The summed E-state index contributed by atoms with van der Waals surface area (Å²) in [6.45, 7) is 15.6. The molecule has 0 unspecified atom stereocenters. The zero-order valence-corrected chi connectivity index (χ0v) is 11.1. The molecule has 1 aromatic rings. The average Bonchev–Trinajstić information content (AvgIpc) is 2.45. The van der Waals surface area contributed by atoms with Crippen LogP contribution in [-0.2, 0) is 5.41 Å². The first-order chi connectivity index (χ1) is 6.75. The van der Waals surface area contributed by atoms with Crippen molar-refractivity contribution in [3.8, 4) is 0 Å². The molecule has 0 saturated heterocycles. The van der Waals surface area contributed by atoms with E-state index in [9.17, 15) is 0 Å². The molecule has 15 heavy (non-hydrogen) atoms. The van der Waals surface area contributed by atoms with Crippen molar-refractivity contribution in [2.45, 2.75) is 65.8 Å². The highest BCUT2D eigenvalue weighted by Crippen LogP contribution is 2.28. The van der Waals surface area contributed by atoms with Gasteiger partial charge < -0.3 is 4.57 Å². The van der Waals surface area contributed by atoms with Crippen LogP contribution in [0.5, 0.6) is 0 Å². The minimum absolute atomic E-state index is 0.122. The molecule has 0 fully saturated rings. The third kappa shape index (κ3) is 2.42. The van der Waals surface area contributed by atoms with Gasteiger partial charge in [0.15, 0.2) is 0 Å². The van der Waals surface area contributed by atoms with E-state index in [0.29, 0.717) is 12.0 Å². The summed E-state index contributed by atoms with van der Waals surface area (Å²) in [5, 5.41) is 0. The molecule has 0 aliphatic carbocycles. The SMILES string of the molecule is CC(C)c1cnc(C(C)(C)C)n1C(C)C. The molecule has 0 atom stereocenters. The Morgan fingerprint density at radius 2 is 1.67 bits per heavy atom. The first-order valence-corrected chi connectivity index (χ1v) is 5.82. The highest BCUT2D eigenvalue weighted by atomic mass is 15.1. The quantitative estimate of drug-likeness (QED) is 0.721. The number of hydrogen-bond acceptors (Lipinski definition) is 1. The van der Waals surface area contributed by atoms with Crippen LogP contribution in [0.3, 0.4) is 0 Å². The Hall–Kier alpha value is -0.790. The summed E-state index contributed by atoms with van der Waals surface area (Å²) in [6, 6.07) is 0.485. The van der Waals surface area contributed by atoms with Gasteiger partial charge in [0.1, 0.15) is 5.82 Å². The van der Waals surface area contributed by atoms with Crippen LogP contribution in [-0.4, -0.2) is 9.55 Å². The van der Waals surface area contributed by atoms with Gasteiger partial charge >= 0.3 is 0 Å². The number of aromatic nitrogens is 2. The maximum absolute atomic E-state index is 4.59. The van der Waals surface area contributed by atoms with Crippen LogP contribution in [0.25, 0.3) is 0 Å². The summed E-state index contributed by atoms with van der Waals surface area (Å²) in [5.41, 5.74) is 1.46. The predicted molar refractivity (Wildman–Crippen MR) is 65.4 cm³/mol. The third-order valence-electron chi connectivity index (χ3n) is 2.60. The monoisotopic (exact) mass is 208 g/mol. The largest absolute Gasteiger partial charge is 0.329 e. The molecule has 0 bridgehead atoms. The van der Waals surface area contributed by atoms with E-state index in [0.717, 1.165) is 0 Å². The molecule has 0 amide bonds. The second-order valence-corrected chi connectivity index (χ2v) is 5.88. The van der Waals surface area contributed by atoms with Crippen molar-refractivity contribution < 1.29 is 0 Å². The summed E-state index contributed by atoms with van der Waals surface area (Å²) in [7, 11) is 0. The molecule has 0 aromatic carbocycles. The van der Waals surface area contributed by atoms with Gasteiger partial charge in [-0.3, -0.25) is 0 Å². The predicted octanol–water partition coefficient (Wildman–Crippen LogP) is 3.88. The Balaban J connectivity index is 3.31. The Morgan fingerprint density at radius 3 is 2.00 bits per heavy atom. The van der Waals surface area contributed by atoms with E-state index in [-0.39, 0.29) is 5.41 Å². The molecule has 1 heterocycles. The third-order valence-corrected chi connectivity index (χ3v) is 2.60. The molecule has 0 aliphatic rings. The summed E-state index contributed by atoms with van der Waals surface area (Å²) in [6.07, 6.45) is 2.03. The lowest BCUT2D eigenvalue weighted by Crippen LogP contribution is -2.21. The average molecular weight is 208 g/mol. The van der Waals surface area contributed by atoms with Gasteiger partial charge in [0.2, 0.25) is 0 Å². The normalized spacial score (nSPS) is 12.9. The maximum Gasteiger partial charge on any atom is 0.114 e. The van der Waals surface area contributed by atoms with Gasteiger partial charge in [-0.15, -0.1) is 0 Å². The van der Waals surface area contributed by atoms with Crippen molar-refractivity contribution in [2.75, 3.05) is 0 Å². The molecule has 1 aromatic heterocycles. The second-order valence-electron chi connectivity index (χ2n) is 5.88. The second kappa shape index (κ2) is 3.99. The minimum Gasteiger partial charge on any atom is -0.329 e. The summed E-state index contributed by atoms with van der Waals surface area (Å²) in [5.74, 6) is 1.73. The van der Waals surface area contributed by atoms with E-state index < -0.39 is 0 Å². The zero-order valence-electron chi connectivity index (χ0n) is 11.1. The van der Waals surface area contributed by atoms with E-state index in [4.69, 9.17) is 0 Å². The fraction of sp³-hybridized carbons (Fsp3) is 0.769. The van der Waals surface area contributed by atoms with Crippen molar-refractivity contribution >= 4 is 0 Å². The van der Waals surface area contributed by atoms with Gasteiger partial charge in [-0.25, -0.2) is 4.98 Å². The number of rotatable bonds is 2. The zero-order chi connectivity index (χ0) is 11.8. The van der Waals surface area contributed by atoms with Crippen molar-refractivity contribution in [1.82, 2.24) is 9.55 Å². The first-order valence-electron chi connectivity index (χ1n) is 5.82. The lowest BCUT2D eigenvalue weighted by atomic mass is 9.95. The van der Waals surface area contributed by atoms with E-state index in [2.05, 4.69) is 58.0 Å². The first kappa shape index (κ1) is 12.3. The van der Waals surface area contributed by atoms with Crippen molar-refractivity contribution in [3.63, 3.8) is 0 Å². The number of hydrogen-bond donors (Lipinski definition) is 0. The molecule has 2 heteroatoms. The fourth-order valence-electron chi connectivity index (χ4n) is 1.90. The Kier molecular flexibility index (Phi) is 3.27. The lowest BCUT2D eigenvalue weighted by Gasteiger charge is -2.24. The summed E-state index contributed by atoms with van der Waals surface area (Å²) >= 11 is 0. The van der Waals surface area contributed by atoms with Gasteiger partial charge in [-0.2, -0.15) is 0 Å². The van der Waals surface area contributed by atoms with Crippen molar-refractivity contribution in [2.24, 2.45) is 0 Å². The molecule has 1 rings (SSSR count). The highest BCUT2D eigenvalue weighted by Gasteiger charge is 2.24. The molecule has 0 radical (unpaired) electrons. The van der Waals surface area contributed by atoms with Crippen LogP contribution in [0.15, 0.2) is 6.20 Å². The Morgan fingerprint density at radius 1 is 1.13 bits per heavy atom. The van der Waals surface area contributed by atoms with Crippen LogP contribution < -0.4 is 0 Å². The molecule has 0 spiro atoms. The van der Waals surface area contributed by atoms with E-state index in [1.54, 1.807) is 0 Å².